The van der Waals surface area contributed by atoms with Crippen LogP contribution in [0.25, 0.3) is 11.1 Å². The molecule has 0 fully saturated rings. The summed E-state index contributed by atoms with van der Waals surface area (Å²) in [6.07, 6.45) is 3.23. The van der Waals surface area contributed by atoms with Gasteiger partial charge in [0, 0.05) is 25.4 Å². The molecule has 3 rings (SSSR count). The first kappa shape index (κ1) is 18.8. The van der Waals surface area contributed by atoms with Crippen LogP contribution in [0.2, 0.25) is 0 Å². The smallest absolute Gasteiger partial charge is 0.311 e. The molecule has 1 heterocycles. The molecule has 0 spiro atoms. The zero-order valence-electron chi connectivity index (χ0n) is 15.2. The van der Waals surface area contributed by atoms with E-state index in [-0.39, 0.29) is 5.69 Å². The molecule has 1 aromatic heterocycles. The molecule has 28 heavy (non-hydrogen) atoms. The van der Waals surface area contributed by atoms with Crippen molar-refractivity contribution in [3.05, 3.63) is 101 Å². The quantitative estimate of drug-likeness (QED) is 0.341. The van der Waals surface area contributed by atoms with Crippen LogP contribution in [0.15, 0.2) is 79.5 Å². The van der Waals surface area contributed by atoms with E-state index in [9.17, 15) is 15.4 Å². The van der Waals surface area contributed by atoms with Crippen LogP contribution < -0.4 is 4.90 Å². The van der Waals surface area contributed by atoms with Crippen molar-refractivity contribution in [1.82, 2.24) is 4.98 Å². The van der Waals surface area contributed by atoms with Crippen molar-refractivity contribution in [2.75, 3.05) is 11.4 Å². The number of pyridine rings is 1. The Morgan fingerprint density at radius 2 is 1.89 bits per heavy atom. The van der Waals surface area contributed by atoms with Crippen LogP contribution in [0, 0.1) is 21.4 Å². The van der Waals surface area contributed by atoms with Gasteiger partial charge in [0.2, 0.25) is 5.82 Å². The monoisotopic (exact) mass is 370 g/mol. The number of benzene rings is 2. The fourth-order valence-corrected chi connectivity index (χ4v) is 3.00. The fourth-order valence-electron chi connectivity index (χ4n) is 3.00. The average molecular weight is 370 g/mol. The summed E-state index contributed by atoms with van der Waals surface area (Å²) in [7, 11) is 0. The number of hydrogen-bond acceptors (Lipinski definition) is 5. The first-order valence-corrected chi connectivity index (χ1v) is 8.67. The number of hydrogen-bond donors (Lipinski definition) is 0. The second-order valence-electron chi connectivity index (χ2n) is 6.13. The van der Waals surface area contributed by atoms with Crippen LogP contribution in [0.5, 0.6) is 0 Å². The Kier molecular flexibility index (Phi) is 5.78. The highest BCUT2D eigenvalue weighted by Crippen LogP contribution is 2.27. The minimum absolute atomic E-state index is 0.0380. The maximum Gasteiger partial charge on any atom is 0.311 e. The van der Waals surface area contributed by atoms with Gasteiger partial charge in [-0.25, -0.2) is 4.98 Å². The Bertz CT molecular complexity index is 1040. The third kappa shape index (κ3) is 4.05. The van der Waals surface area contributed by atoms with Crippen molar-refractivity contribution >= 4 is 11.5 Å². The summed E-state index contributed by atoms with van der Waals surface area (Å²) >= 11 is 0. The van der Waals surface area contributed by atoms with E-state index in [4.69, 9.17) is 0 Å². The maximum atomic E-state index is 11.3. The zero-order chi connectivity index (χ0) is 19.9. The van der Waals surface area contributed by atoms with Crippen molar-refractivity contribution in [2.24, 2.45) is 0 Å². The molecule has 0 unspecified atom stereocenters. The van der Waals surface area contributed by atoms with E-state index in [2.05, 4.69) is 17.6 Å². The minimum Gasteiger partial charge on any atom is -0.343 e. The topological polar surface area (TPSA) is 83.1 Å². The molecule has 0 amide bonds. The molecular weight excluding hydrogens is 352 g/mol. The summed E-state index contributed by atoms with van der Waals surface area (Å²) in [5, 5.41) is 20.6. The van der Waals surface area contributed by atoms with Gasteiger partial charge in [0.25, 0.3) is 0 Å². The summed E-state index contributed by atoms with van der Waals surface area (Å²) < 4.78 is 0. The maximum absolute atomic E-state index is 11.3. The Morgan fingerprint density at radius 1 is 1.14 bits per heavy atom. The molecule has 0 saturated carbocycles. The second kappa shape index (κ2) is 8.60. The molecule has 6 nitrogen and oxygen atoms in total. The molecule has 0 aliphatic rings. The molecule has 0 N–H and O–H groups in total. The third-order valence-electron chi connectivity index (χ3n) is 4.30. The molecule has 0 saturated heterocycles. The molecule has 3 aromatic rings. The molecule has 6 heteroatoms. The second-order valence-corrected chi connectivity index (χ2v) is 6.13. The van der Waals surface area contributed by atoms with E-state index in [1.54, 1.807) is 24.4 Å². The standard InChI is InChI=1S/C22H18N4O2/c1-2-14-25(22-21(26(27)28)8-5-13-24-22)16-17-9-11-18(12-10-17)20-7-4-3-6-19(20)15-23/h2-13H,1,14,16H2. The summed E-state index contributed by atoms with van der Waals surface area (Å²) in [5.41, 5.74) is 3.37. The lowest BCUT2D eigenvalue weighted by Gasteiger charge is -2.22. The molecule has 0 bridgehead atoms. The number of nitro groups is 1. The van der Waals surface area contributed by atoms with Crippen molar-refractivity contribution in [1.29, 1.82) is 5.26 Å². The number of anilines is 1. The lowest BCUT2D eigenvalue weighted by molar-refractivity contribution is -0.384. The summed E-state index contributed by atoms with van der Waals surface area (Å²) in [4.78, 5) is 16.9. The Hall–Kier alpha value is -3.98. The van der Waals surface area contributed by atoms with Gasteiger partial charge in [-0.1, -0.05) is 48.5 Å². The number of aromatic nitrogens is 1. The predicted octanol–water partition coefficient (Wildman–Crippen LogP) is 4.72. The van der Waals surface area contributed by atoms with Crippen molar-refractivity contribution in [2.45, 2.75) is 6.54 Å². The Morgan fingerprint density at radius 3 is 2.57 bits per heavy atom. The van der Waals surface area contributed by atoms with Crippen LogP contribution >= 0.6 is 0 Å². The first-order valence-electron chi connectivity index (χ1n) is 8.67. The highest BCUT2D eigenvalue weighted by atomic mass is 16.6. The van der Waals surface area contributed by atoms with E-state index >= 15 is 0 Å². The average Bonchev–Trinajstić information content (AvgIpc) is 2.74. The van der Waals surface area contributed by atoms with Crippen molar-refractivity contribution < 1.29 is 4.92 Å². The summed E-state index contributed by atoms with van der Waals surface area (Å²) in [5.74, 6) is 0.311. The van der Waals surface area contributed by atoms with Gasteiger partial charge in [0.05, 0.1) is 16.6 Å². The third-order valence-corrected chi connectivity index (χ3v) is 4.30. The van der Waals surface area contributed by atoms with Gasteiger partial charge < -0.3 is 4.90 Å². The van der Waals surface area contributed by atoms with Gasteiger partial charge >= 0.3 is 5.69 Å². The summed E-state index contributed by atoms with van der Waals surface area (Å²) in [6, 6.07) is 20.4. The van der Waals surface area contributed by atoms with Crippen molar-refractivity contribution in [3.63, 3.8) is 0 Å². The highest BCUT2D eigenvalue weighted by Gasteiger charge is 2.20. The minimum atomic E-state index is -0.430. The first-order chi connectivity index (χ1) is 13.6. The fraction of sp³-hybridized carbons (Fsp3) is 0.0909. The number of rotatable bonds is 7. The van der Waals surface area contributed by atoms with Gasteiger partial charge in [-0.2, -0.15) is 5.26 Å². The van der Waals surface area contributed by atoms with Gasteiger partial charge in [-0.05, 0) is 28.8 Å². The normalized spacial score (nSPS) is 10.1. The lowest BCUT2D eigenvalue weighted by Crippen LogP contribution is -2.24. The lowest BCUT2D eigenvalue weighted by atomic mass is 9.99. The highest BCUT2D eigenvalue weighted by molar-refractivity contribution is 5.70. The van der Waals surface area contributed by atoms with Gasteiger partial charge in [0.1, 0.15) is 0 Å². The van der Waals surface area contributed by atoms with Crippen LogP contribution in [0.1, 0.15) is 11.1 Å². The summed E-state index contributed by atoms with van der Waals surface area (Å²) in [6.45, 7) is 4.62. The van der Waals surface area contributed by atoms with Gasteiger partial charge in [-0.15, -0.1) is 6.58 Å². The molecular formula is C22H18N4O2. The van der Waals surface area contributed by atoms with Crippen molar-refractivity contribution in [3.8, 4) is 17.2 Å². The van der Waals surface area contributed by atoms with Crippen LogP contribution in [-0.2, 0) is 6.54 Å². The van der Waals surface area contributed by atoms with Crippen LogP contribution in [0.4, 0.5) is 11.5 Å². The Balaban J connectivity index is 1.88. The van der Waals surface area contributed by atoms with E-state index < -0.39 is 4.92 Å². The SMILES string of the molecule is C=CCN(Cc1ccc(-c2ccccc2C#N)cc1)c1ncccc1[N+](=O)[O-]. The molecule has 2 aromatic carbocycles. The van der Waals surface area contributed by atoms with E-state index in [0.29, 0.717) is 24.5 Å². The molecule has 0 radical (unpaired) electrons. The van der Waals surface area contributed by atoms with E-state index in [1.807, 2.05) is 47.4 Å². The largest absolute Gasteiger partial charge is 0.343 e. The van der Waals surface area contributed by atoms with E-state index in [1.165, 1.54) is 6.07 Å². The molecule has 0 aliphatic carbocycles. The Labute approximate surface area is 163 Å². The van der Waals surface area contributed by atoms with Gasteiger partial charge in [-0.3, -0.25) is 10.1 Å². The van der Waals surface area contributed by atoms with Crippen LogP contribution in [-0.4, -0.2) is 16.5 Å². The predicted molar refractivity (Wildman–Crippen MR) is 109 cm³/mol. The van der Waals surface area contributed by atoms with Crippen LogP contribution in [0.3, 0.4) is 0 Å². The van der Waals surface area contributed by atoms with Gasteiger partial charge in [0.15, 0.2) is 0 Å². The molecule has 138 valence electrons. The number of nitriles is 1. The molecule has 0 atom stereocenters. The van der Waals surface area contributed by atoms with E-state index in [0.717, 1.165) is 16.7 Å². The molecule has 0 aliphatic heterocycles. The zero-order valence-corrected chi connectivity index (χ0v) is 15.2. The number of nitrogens with zero attached hydrogens (tertiary/aromatic N) is 4.